The minimum absolute atomic E-state index is 0.142. The van der Waals surface area contributed by atoms with Crippen molar-refractivity contribution in [2.24, 2.45) is 0 Å². The van der Waals surface area contributed by atoms with Crippen LogP contribution < -0.4 is 0 Å². The Morgan fingerprint density at radius 3 is 3.18 bits per heavy atom. The first-order chi connectivity index (χ1) is 5.37. The minimum Gasteiger partial charge on any atom is -0.371 e. The van der Waals surface area contributed by atoms with Crippen molar-refractivity contribution >= 4 is 0 Å². The summed E-state index contributed by atoms with van der Waals surface area (Å²) in [6.45, 7) is 5.20. The van der Waals surface area contributed by atoms with Crippen molar-refractivity contribution in [3.63, 3.8) is 0 Å². The lowest BCUT2D eigenvalue weighted by Crippen LogP contribution is -2.26. The predicted molar refractivity (Wildman–Crippen MR) is 42.5 cm³/mol. The average Bonchev–Trinajstić information content (AvgIpc) is 2.64. The fourth-order valence-electron chi connectivity index (χ4n) is 1.85. The second-order valence-corrected chi connectivity index (χ2v) is 3.36. The second-order valence-electron chi connectivity index (χ2n) is 3.36. The number of ether oxygens (including phenoxy) is 2. The summed E-state index contributed by atoms with van der Waals surface area (Å²) in [5.41, 5.74) is 0.142. The highest BCUT2D eigenvalue weighted by Gasteiger charge is 2.54. The zero-order valence-corrected chi connectivity index (χ0v) is 6.71. The van der Waals surface area contributed by atoms with Crippen molar-refractivity contribution in [1.82, 2.24) is 0 Å². The average molecular weight is 154 g/mol. The summed E-state index contributed by atoms with van der Waals surface area (Å²) in [6, 6.07) is 0. The van der Waals surface area contributed by atoms with E-state index in [1.807, 2.05) is 0 Å². The molecule has 1 aliphatic carbocycles. The lowest BCUT2D eigenvalue weighted by Gasteiger charge is -2.14. The van der Waals surface area contributed by atoms with Crippen LogP contribution in [-0.4, -0.2) is 24.9 Å². The molecule has 2 aliphatic rings. The van der Waals surface area contributed by atoms with E-state index in [0.29, 0.717) is 12.7 Å². The zero-order valence-electron chi connectivity index (χ0n) is 6.71. The van der Waals surface area contributed by atoms with Gasteiger partial charge in [-0.05, 0) is 19.3 Å². The highest BCUT2D eigenvalue weighted by atomic mass is 16.6. The summed E-state index contributed by atoms with van der Waals surface area (Å²) in [7, 11) is 0. The Labute approximate surface area is 67.2 Å². The van der Waals surface area contributed by atoms with Crippen molar-refractivity contribution in [3.8, 4) is 0 Å². The van der Waals surface area contributed by atoms with Gasteiger partial charge in [0.2, 0.25) is 0 Å². The molecule has 1 saturated carbocycles. The second kappa shape index (κ2) is 2.61. The number of epoxide rings is 1. The van der Waals surface area contributed by atoms with Gasteiger partial charge in [-0.2, -0.15) is 0 Å². The SMILES string of the molecule is C=CCOC1CCCC12CO2. The summed E-state index contributed by atoms with van der Waals surface area (Å²) < 4.78 is 11.0. The Balaban J connectivity index is 1.87. The van der Waals surface area contributed by atoms with Crippen LogP contribution in [0.2, 0.25) is 0 Å². The fourth-order valence-corrected chi connectivity index (χ4v) is 1.85. The maximum atomic E-state index is 5.59. The van der Waals surface area contributed by atoms with Gasteiger partial charge >= 0.3 is 0 Å². The van der Waals surface area contributed by atoms with Gasteiger partial charge < -0.3 is 9.47 Å². The molecule has 1 aliphatic heterocycles. The molecule has 0 N–H and O–H groups in total. The molecule has 0 radical (unpaired) electrons. The summed E-state index contributed by atoms with van der Waals surface area (Å²) in [4.78, 5) is 0. The Kier molecular flexibility index (Phi) is 1.74. The lowest BCUT2D eigenvalue weighted by atomic mass is 10.1. The van der Waals surface area contributed by atoms with Crippen molar-refractivity contribution < 1.29 is 9.47 Å². The van der Waals surface area contributed by atoms with Gasteiger partial charge in [-0.15, -0.1) is 6.58 Å². The Bertz CT molecular complexity index is 161. The van der Waals surface area contributed by atoms with Crippen LogP contribution in [0.4, 0.5) is 0 Å². The van der Waals surface area contributed by atoms with E-state index in [1.165, 1.54) is 12.8 Å². The van der Waals surface area contributed by atoms with Gasteiger partial charge in [-0.3, -0.25) is 0 Å². The molecule has 2 nitrogen and oxygen atoms in total. The number of hydrogen-bond acceptors (Lipinski definition) is 2. The standard InChI is InChI=1S/C9H14O2/c1-2-6-10-8-4-3-5-9(8)7-11-9/h2,8H,1,3-7H2. The van der Waals surface area contributed by atoms with Crippen LogP contribution in [0.1, 0.15) is 19.3 Å². The maximum absolute atomic E-state index is 5.59. The van der Waals surface area contributed by atoms with Crippen molar-refractivity contribution in [1.29, 1.82) is 0 Å². The normalized spacial score (nSPS) is 41.3. The van der Waals surface area contributed by atoms with E-state index in [4.69, 9.17) is 9.47 Å². The summed E-state index contributed by atoms with van der Waals surface area (Å²) >= 11 is 0. The van der Waals surface area contributed by atoms with Crippen LogP contribution in [0.25, 0.3) is 0 Å². The zero-order chi connectivity index (χ0) is 7.73. The third-order valence-corrected chi connectivity index (χ3v) is 2.58. The fraction of sp³-hybridized carbons (Fsp3) is 0.778. The quantitative estimate of drug-likeness (QED) is 0.454. The van der Waals surface area contributed by atoms with Gasteiger partial charge in [0.1, 0.15) is 5.60 Å². The predicted octanol–water partition coefficient (Wildman–Crippen LogP) is 1.51. The highest BCUT2D eigenvalue weighted by Crippen LogP contribution is 2.45. The molecule has 0 aromatic carbocycles. The highest BCUT2D eigenvalue weighted by molar-refractivity contribution is 5.04. The van der Waals surface area contributed by atoms with E-state index in [-0.39, 0.29) is 5.60 Å². The summed E-state index contributed by atoms with van der Waals surface area (Å²) in [5.74, 6) is 0. The first-order valence-corrected chi connectivity index (χ1v) is 4.24. The Morgan fingerprint density at radius 2 is 2.55 bits per heavy atom. The Morgan fingerprint density at radius 1 is 1.73 bits per heavy atom. The maximum Gasteiger partial charge on any atom is 0.118 e. The molecule has 1 heterocycles. The molecule has 0 aromatic heterocycles. The topological polar surface area (TPSA) is 21.8 Å². The van der Waals surface area contributed by atoms with E-state index in [0.717, 1.165) is 13.0 Å². The van der Waals surface area contributed by atoms with Crippen molar-refractivity contribution in [3.05, 3.63) is 12.7 Å². The van der Waals surface area contributed by atoms with Gasteiger partial charge in [-0.25, -0.2) is 0 Å². The van der Waals surface area contributed by atoms with Gasteiger partial charge in [0.05, 0.1) is 19.3 Å². The number of rotatable bonds is 3. The molecule has 2 unspecified atom stereocenters. The molecule has 0 aromatic rings. The molecule has 2 heteroatoms. The van der Waals surface area contributed by atoms with Crippen LogP contribution >= 0.6 is 0 Å². The van der Waals surface area contributed by atoms with Crippen molar-refractivity contribution in [2.45, 2.75) is 31.0 Å². The first kappa shape index (κ1) is 7.32. The van der Waals surface area contributed by atoms with Crippen LogP contribution in [-0.2, 0) is 9.47 Å². The smallest absolute Gasteiger partial charge is 0.118 e. The van der Waals surface area contributed by atoms with Gasteiger partial charge in [0, 0.05) is 0 Å². The summed E-state index contributed by atoms with van der Waals surface area (Å²) in [6.07, 6.45) is 5.75. The van der Waals surface area contributed by atoms with Crippen LogP contribution in [0.15, 0.2) is 12.7 Å². The van der Waals surface area contributed by atoms with Crippen LogP contribution in [0.5, 0.6) is 0 Å². The van der Waals surface area contributed by atoms with E-state index < -0.39 is 0 Å². The van der Waals surface area contributed by atoms with Gasteiger partial charge in [-0.1, -0.05) is 6.08 Å². The lowest BCUT2D eigenvalue weighted by molar-refractivity contribution is 0.0289. The summed E-state index contributed by atoms with van der Waals surface area (Å²) in [5, 5.41) is 0. The molecular formula is C9H14O2. The molecule has 1 spiro atoms. The molecule has 2 atom stereocenters. The molecule has 0 bridgehead atoms. The number of hydrogen-bond donors (Lipinski definition) is 0. The Hall–Kier alpha value is -0.340. The molecule has 2 rings (SSSR count). The van der Waals surface area contributed by atoms with Crippen LogP contribution in [0, 0.1) is 0 Å². The van der Waals surface area contributed by atoms with Crippen LogP contribution in [0.3, 0.4) is 0 Å². The van der Waals surface area contributed by atoms with E-state index >= 15 is 0 Å². The van der Waals surface area contributed by atoms with E-state index in [9.17, 15) is 0 Å². The first-order valence-electron chi connectivity index (χ1n) is 4.24. The minimum atomic E-state index is 0.142. The molecule has 2 fully saturated rings. The third-order valence-electron chi connectivity index (χ3n) is 2.58. The van der Waals surface area contributed by atoms with Gasteiger partial charge in [0.25, 0.3) is 0 Å². The van der Waals surface area contributed by atoms with Crippen molar-refractivity contribution in [2.75, 3.05) is 13.2 Å². The van der Waals surface area contributed by atoms with Gasteiger partial charge in [0.15, 0.2) is 0 Å². The monoisotopic (exact) mass is 154 g/mol. The molecule has 0 amide bonds. The van der Waals surface area contributed by atoms with E-state index in [2.05, 4.69) is 6.58 Å². The third kappa shape index (κ3) is 1.21. The molecular weight excluding hydrogens is 140 g/mol. The van der Waals surface area contributed by atoms with E-state index in [1.54, 1.807) is 6.08 Å². The molecule has 62 valence electrons. The largest absolute Gasteiger partial charge is 0.371 e. The molecule has 1 saturated heterocycles. The molecule has 11 heavy (non-hydrogen) atoms.